The highest BCUT2D eigenvalue weighted by atomic mass is 32.2. The molecule has 4 heterocycles. The number of ether oxygens (including phenoxy) is 2. The summed E-state index contributed by atoms with van der Waals surface area (Å²) in [7, 11) is 0. The second-order valence-corrected chi connectivity index (χ2v) is 14.6. The molecule has 0 aliphatic heterocycles. The third-order valence-electron chi connectivity index (χ3n) is 9.08. The number of fused-ring (bicyclic) bond motifs is 2. The fraction of sp³-hybridized carbons (Fsp3) is 0.182. The molecule has 0 aliphatic rings. The van der Waals surface area contributed by atoms with Crippen LogP contribution < -0.4 is 20.9 Å². The molecule has 0 saturated heterocycles. The minimum Gasteiger partial charge on any atom is -0.494 e. The summed E-state index contributed by atoms with van der Waals surface area (Å²) >= 11 is 7.10. The molecule has 0 unspecified atom stereocenters. The number of nitrogens with zero attached hydrogens (tertiary/aromatic N) is 7. The van der Waals surface area contributed by atoms with Gasteiger partial charge in [0.1, 0.15) is 22.5 Å². The summed E-state index contributed by atoms with van der Waals surface area (Å²) in [6.07, 6.45) is 2.15. The lowest BCUT2D eigenvalue weighted by molar-refractivity contribution is 0.0988. The first-order valence-corrected chi connectivity index (χ1v) is 20.7. The number of H-pyrrole nitrogens is 1. The van der Waals surface area contributed by atoms with Crippen molar-refractivity contribution in [3.05, 3.63) is 125 Å². The molecule has 0 bridgehead atoms. The molecule has 16 heteroatoms. The van der Waals surface area contributed by atoms with E-state index < -0.39 is 11.8 Å². The Hall–Kier alpha value is -6.91. The fourth-order valence-electron chi connectivity index (χ4n) is 6.30. The van der Waals surface area contributed by atoms with Crippen LogP contribution >= 0.6 is 24.0 Å². The topological polar surface area (TPSA) is 195 Å². The SMILES string of the molecule is CCCCSc1nc2c(C(N)=O)nc(-c3ccc(OCC)cc3)nc2n1-c1ccccc1.CCOc1ccc(-c2nc(C(N)=O)c3[nH]c(=S)n(-c4ccccc4)c3n2)cc1. The molecule has 0 spiro atoms. The van der Waals surface area contributed by atoms with E-state index in [0.29, 0.717) is 52.0 Å². The van der Waals surface area contributed by atoms with E-state index in [2.05, 4.69) is 26.9 Å². The molecule has 4 aromatic carbocycles. The Balaban J connectivity index is 0.000000183. The van der Waals surface area contributed by atoms with Crippen LogP contribution in [0.25, 0.3) is 56.5 Å². The maximum atomic E-state index is 12.3. The number of nitrogens with two attached hydrogens (primary N) is 2. The highest BCUT2D eigenvalue weighted by Crippen LogP contribution is 2.31. The molecule has 304 valence electrons. The number of hydrogen-bond donors (Lipinski definition) is 3. The highest BCUT2D eigenvalue weighted by Gasteiger charge is 2.23. The number of primary amides is 2. The molecule has 0 aliphatic carbocycles. The van der Waals surface area contributed by atoms with E-state index in [9.17, 15) is 9.59 Å². The molecular weight excluding hydrogens is 797 g/mol. The number of unbranched alkanes of at least 4 members (excludes halogenated alkanes) is 1. The van der Waals surface area contributed by atoms with Gasteiger partial charge in [-0.05, 0) is 105 Å². The van der Waals surface area contributed by atoms with Crippen LogP contribution in [0.4, 0.5) is 0 Å². The van der Waals surface area contributed by atoms with Gasteiger partial charge in [0, 0.05) is 28.3 Å². The Labute approximate surface area is 355 Å². The number of aromatic amines is 1. The van der Waals surface area contributed by atoms with Crippen molar-refractivity contribution < 1.29 is 19.1 Å². The van der Waals surface area contributed by atoms with Gasteiger partial charge in [0.05, 0.1) is 13.2 Å². The van der Waals surface area contributed by atoms with E-state index in [1.165, 1.54) is 0 Å². The summed E-state index contributed by atoms with van der Waals surface area (Å²) < 4.78 is 15.1. The number of thioether (sulfide) groups is 1. The molecular formula is C44H42N10O4S2. The molecule has 0 fully saturated rings. The van der Waals surface area contributed by atoms with Crippen molar-refractivity contribution >= 4 is 58.1 Å². The first kappa shape index (κ1) is 41.3. The fourth-order valence-corrected chi connectivity index (χ4v) is 7.68. The minimum atomic E-state index is -0.656. The zero-order valence-corrected chi connectivity index (χ0v) is 34.8. The monoisotopic (exact) mass is 838 g/mol. The lowest BCUT2D eigenvalue weighted by Crippen LogP contribution is -2.15. The molecule has 4 aromatic heterocycles. The molecule has 2 amide bonds. The number of benzene rings is 4. The van der Waals surface area contributed by atoms with Crippen LogP contribution in [0.2, 0.25) is 0 Å². The van der Waals surface area contributed by atoms with Crippen LogP contribution in [0, 0.1) is 4.77 Å². The average Bonchev–Trinajstić information content (AvgIpc) is 3.81. The average molecular weight is 839 g/mol. The van der Waals surface area contributed by atoms with Crippen LogP contribution in [-0.2, 0) is 0 Å². The minimum absolute atomic E-state index is 0.0923. The van der Waals surface area contributed by atoms with Gasteiger partial charge >= 0.3 is 0 Å². The van der Waals surface area contributed by atoms with E-state index in [-0.39, 0.29) is 11.4 Å². The predicted molar refractivity (Wildman–Crippen MR) is 237 cm³/mol. The van der Waals surface area contributed by atoms with Crippen molar-refractivity contribution in [2.24, 2.45) is 11.5 Å². The van der Waals surface area contributed by atoms with Gasteiger partial charge in [0.25, 0.3) is 11.8 Å². The molecule has 8 aromatic rings. The summed E-state index contributed by atoms with van der Waals surface area (Å²) in [6, 6.07) is 34.2. The lowest BCUT2D eigenvalue weighted by Gasteiger charge is -2.09. The second-order valence-electron chi connectivity index (χ2n) is 13.2. The molecule has 5 N–H and O–H groups in total. The van der Waals surface area contributed by atoms with E-state index >= 15 is 0 Å². The summed E-state index contributed by atoms with van der Waals surface area (Å²) in [5, 5.41) is 0.764. The first-order chi connectivity index (χ1) is 29.2. The highest BCUT2D eigenvalue weighted by molar-refractivity contribution is 7.99. The molecule has 8 rings (SSSR count). The van der Waals surface area contributed by atoms with Crippen molar-refractivity contribution in [1.29, 1.82) is 0 Å². The Morgan fingerprint density at radius 2 is 1.15 bits per heavy atom. The van der Waals surface area contributed by atoms with Gasteiger partial charge in [-0.15, -0.1) is 0 Å². The third kappa shape index (κ3) is 8.89. The predicted octanol–water partition coefficient (Wildman–Crippen LogP) is 8.51. The van der Waals surface area contributed by atoms with Crippen molar-refractivity contribution in [1.82, 2.24) is 39.0 Å². The smallest absolute Gasteiger partial charge is 0.269 e. The number of rotatable bonds is 14. The van der Waals surface area contributed by atoms with Crippen LogP contribution in [0.1, 0.15) is 54.6 Å². The van der Waals surface area contributed by atoms with E-state index in [4.69, 9.17) is 43.1 Å². The number of imidazole rings is 2. The van der Waals surface area contributed by atoms with E-state index in [1.54, 1.807) is 16.3 Å². The maximum Gasteiger partial charge on any atom is 0.269 e. The lowest BCUT2D eigenvalue weighted by atomic mass is 10.2. The van der Waals surface area contributed by atoms with Crippen molar-refractivity contribution in [3.63, 3.8) is 0 Å². The van der Waals surface area contributed by atoms with E-state index in [1.807, 2.05) is 128 Å². The van der Waals surface area contributed by atoms with Crippen LogP contribution in [0.15, 0.2) is 114 Å². The van der Waals surface area contributed by atoms with Gasteiger partial charge in [-0.25, -0.2) is 24.9 Å². The van der Waals surface area contributed by atoms with Gasteiger partial charge in [0.15, 0.2) is 44.3 Å². The molecule has 0 saturated carbocycles. The van der Waals surface area contributed by atoms with Gasteiger partial charge in [0.2, 0.25) is 0 Å². The first-order valence-electron chi connectivity index (χ1n) is 19.3. The van der Waals surface area contributed by atoms with Crippen LogP contribution in [0.3, 0.4) is 0 Å². The summed E-state index contributed by atoms with van der Waals surface area (Å²) in [5.41, 5.74) is 16.6. The number of aromatic nitrogens is 8. The quantitative estimate of drug-likeness (QED) is 0.0540. The largest absolute Gasteiger partial charge is 0.494 e. The number of hydrogen-bond acceptors (Lipinski definition) is 11. The standard InChI is InChI=1S/C24H25N5O2S.C20H17N5O2S/c1-3-5-15-32-24-27-20-19(21(25)30)26-22(16-11-13-18(14-12-16)31-4-2)28-23(20)29(24)17-9-7-6-8-10-17;1-2-27-14-10-8-12(9-11-14)18-22-15(17(21)26)16-19(24-18)25(20(28)23-16)13-6-4-3-5-7-13/h6-14H,3-5,15H2,1-2H3,(H2,25,30);3-11H,2H2,1H3,(H2,21,26)(H,23,28). The van der Waals surface area contributed by atoms with Crippen molar-refractivity contribution in [2.45, 2.75) is 38.8 Å². The second kappa shape index (κ2) is 18.8. The summed E-state index contributed by atoms with van der Waals surface area (Å²) in [5.74, 6) is 1.92. The Bertz CT molecular complexity index is 2830. The van der Waals surface area contributed by atoms with Gasteiger partial charge < -0.3 is 25.9 Å². The summed E-state index contributed by atoms with van der Waals surface area (Å²) in [4.78, 5) is 50.4. The van der Waals surface area contributed by atoms with Crippen LogP contribution in [0.5, 0.6) is 11.5 Å². The van der Waals surface area contributed by atoms with Crippen molar-refractivity contribution in [3.8, 4) is 45.6 Å². The number of carbonyl (C=O) groups is 2. The zero-order valence-electron chi connectivity index (χ0n) is 33.2. The third-order valence-corrected chi connectivity index (χ3v) is 10.4. The maximum absolute atomic E-state index is 12.3. The van der Waals surface area contributed by atoms with Crippen LogP contribution in [-0.4, -0.2) is 69.8 Å². The number of carbonyl (C=O) groups excluding carboxylic acids is 2. The van der Waals surface area contributed by atoms with Crippen molar-refractivity contribution in [2.75, 3.05) is 19.0 Å². The van der Waals surface area contributed by atoms with Gasteiger partial charge in [-0.3, -0.25) is 18.7 Å². The Morgan fingerprint density at radius 1 is 0.650 bits per heavy atom. The van der Waals surface area contributed by atoms with Gasteiger partial charge in [-0.1, -0.05) is 61.5 Å². The molecule has 0 atom stereocenters. The molecule has 60 heavy (non-hydrogen) atoms. The Morgan fingerprint density at radius 3 is 1.65 bits per heavy atom. The number of amides is 2. The number of nitrogens with one attached hydrogen (secondary N) is 1. The number of para-hydroxylation sites is 2. The normalized spacial score (nSPS) is 11.0. The van der Waals surface area contributed by atoms with Gasteiger partial charge in [-0.2, -0.15) is 0 Å². The van der Waals surface area contributed by atoms with E-state index in [0.717, 1.165) is 57.8 Å². The summed E-state index contributed by atoms with van der Waals surface area (Å²) in [6.45, 7) is 7.17. The zero-order chi connectivity index (χ0) is 42.2. The molecule has 0 radical (unpaired) electrons. The molecule has 14 nitrogen and oxygen atoms in total. The Kier molecular flexibility index (Phi) is 12.9.